The van der Waals surface area contributed by atoms with Gasteiger partial charge in [-0.2, -0.15) is 0 Å². The van der Waals surface area contributed by atoms with E-state index in [1.807, 2.05) is 12.1 Å². The van der Waals surface area contributed by atoms with Gasteiger partial charge in [0, 0.05) is 37.3 Å². The Balaban J connectivity index is 1.99. The fraction of sp³-hybridized carbons (Fsp3) is 0.500. The number of aryl methyl sites for hydroxylation is 1. The molecule has 1 N–H and O–H groups in total. The lowest BCUT2D eigenvalue weighted by Crippen LogP contribution is -2.29. The molecular weight excluding hydrogens is 248 g/mol. The van der Waals surface area contributed by atoms with Crippen LogP contribution in [-0.4, -0.2) is 25.5 Å². The predicted molar refractivity (Wildman–Crippen MR) is 75.2 cm³/mol. The molecule has 1 aliphatic rings. The predicted octanol–water partition coefficient (Wildman–Crippen LogP) is 2.61. The van der Waals surface area contributed by atoms with E-state index in [0.29, 0.717) is 5.92 Å². The Hall–Kier alpha value is -1.22. The van der Waals surface area contributed by atoms with E-state index in [0.717, 1.165) is 31.1 Å². The van der Waals surface area contributed by atoms with Crippen LogP contribution in [0, 0.1) is 12.8 Å². The summed E-state index contributed by atoms with van der Waals surface area (Å²) in [5.74, 6) is 0.583. The lowest BCUT2D eigenvalue weighted by molar-refractivity contribution is -0.119. The second kappa shape index (κ2) is 5.61. The first-order valence-corrected chi connectivity index (χ1v) is 6.69. The highest BCUT2D eigenvalue weighted by Crippen LogP contribution is 2.29. The monoisotopic (exact) mass is 266 g/mol. The number of nitrogens with zero attached hydrogens (tertiary/aromatic N) is 1. The van der Waals surface area contributed by atoms with Gasteiger partial charge in [0.15, 0.2) is 0 Å². The smallest absolute Gasteiger partial charge is 0.216 e. The molecule has 1 fully saturated rings. The summed E-state index contributed by atoms with van der Waals surface area (Å²) in [5, 5.41) is 3.67. The third-order valence-corrected chi connectivity index (χ3v) is 3.67. The molecule has 98 valence electrons. The molecule has 0 radical (unpaired) electrons. The highest BCUT2D eigenvalue weighted by atomic mass is 35.5. The second-order valence-corrected chi connectivity index (χ2v) is 5.41. The molecule has 1 heterocycles. The van der Waals surface area contributed by atoms with Crippen molar-refractivity contribution < 1.29 is 4.79 Å². The maximum Gasteiger partial charge on any atom is 0.216 e. The molecule has 1 aromatic rings. The first kappa shape index (κ1) is 13.2. The van der Waals surface area contributed by atoms with Crippen LogP contribution in [-0.2, 0) is 4.79 Å². The summed E-state index contributed by atoms with van der Waals surface area (Å²) in [6.07, 6.45) is 1.12. The number of halogens is 1. The maximum absolute atomic E-state index is 10.9. The molecule has 0 aliphatic carbocycles. The molecule has 1 amide bonds. The molecule has 1 aliphatic heterocycles. The van der Waals surface area contributed by atoms with Crippen LogP contribution in [0.3, 0.4) is 0 Å². The number of nitrogens with one attached hydrogen (secondary N) is 1. The van der Waals surface area contributed by atoms with E-state index < -0.39 is 0 Å². The Kier molecular flexibility index (Phi) is 4.12. The van der Waals surface area contributed by atoms with Crippen molar-refractivity contribution in [1.29, 1.82) is 0 Å². The molecule has 18 heavy (non-hydrogen) atoms. The van der Waals surface area contributed by atoms with Crippen molar-refractivity contribution in [3.05, 3.63) is 28.8 Å². The zero-order valence-electron chi connectivity index (χ0n) is 10.9. The first-order chi connectivity index (χ1) is 8.56. The van der Waals surface area contributed by atoms with Gasteiger partial charge < -0.3 is 10.2 Å². The van der Waals surface area contributed by atoms with Gasteiger partial charge in [0.05, 0.1) is 0 Å². The molecule has 1 aromatic carbocycles. The SMILES string of the molecule is CC(=O)NC[C@H]1CCN(c2cc(Cl)ccc2C)C1. The third-order valence-electron chi connectivity index (χ3n) is 3.44. The lowest BCUT2D eigenvalue weighted by Gasteiger charge is -2.21. The Morgan fingerprint density at radius 3 is 3.06 bits per heavy atom. The van der Waals surface area contributed by atoms with Crippen molar-refractivity contribution in [2.45, 2.75) is 20.3 Å². The Bertz CT molecular complexity index is 447. The molecule has 0 bridgehead atoms. The van der Waals surface area contributed by atoms with Crippen LogP contribution in [0.25, 0.3) is 0 Å². The van der Waals surface area contributed by atoms with Crippen molar-refractivity contribution in [1.82, 2.24) is 5.32 Å². The summed E-state index contributed by atoms with van der Waals surface area (Å²) in [6.45, 7) is 6.46. The van der Waals surface area contributed by atoms with Gasteiger partial charge in [0.1, 0.15) is 0 Å². The molecule has 3 nitrogen and oxygen atoms in total. The van der Waals surface area contributed by atoms with E-state index in [4.69, 9.17) is 11.6 Å². The van der Waals surface area contributed by atoms with Crippen molar-refractivity contribution in [2.75, 3.05) is 24.5 Å². The summed E-state index contributed by atoms with van der Waals surface area (Å²) in [5.41, 5.74) is 2.47. The van der Waals surface area contributed by atoms with Crippen LogP contribution in [0.4, 0.5) is 5.69 Å². The van der Waals surface area contributed by atoms with Crippen LogP contribution < -0.4 is 10.2 Å². The van der Waals surface area contributed by atoms with Gasteiger partial charge in [-0.25, -0.2) is 0 Å². The minimum absolute atomic E-state index is 0.0485. The van der Waals surface area contributed by atoms with E-state index in [-0.39, 0.29) is 5.91 Å². The standard InChI is InChI=1S/C14H19ClN2O/c1-10-3-4-13(15)7-14(10)17-6-5-12(9-17)8-16-11(2)18/h3-4,7,12H,5-6,8-9H2,1-2H3,(H,16,18)/t12-/m1/s1. The number of hydrogen-bond donors (Lipinski definition) is 1. The van der Waals surface area contributed by atoms with E-state index in [2.05, 4.69) is 23.2 Å². The molecule has 2 rings (SSSR count). The topological polar surface area (TPSA) is 32.3 Å². The van der Waals surface area contributed by atoms with Crippen molar-refractivity contribution in [3.63, 3.8) is 0 Å². The van der Waals surface area contributed by atoms with E-state index in [9.17, 15) is 4.79 Å². The zero-order chi connectivity index (χ0) is 13.1. The highest BCUT2D eigenvalue weighted by Gasteiger charge is 2.23. The van der Waals surface area contributed by atoms with Crippen LogP contribution >= 0.6 is 11.6 Å². The normalized spacial score (nSPS) is 19.1. The number of anilines is 1. The minimum Gasteiger partial charge on any atom is -0.371 e. The summed E-state index contributed by atoms with van der Waals surface area (Å²) in [7, 11) is 0. The van der Waals surface area contributed by atoms with Crippen LogP contribution in [0.1, 0.15) is 18.9 Å². The van der Waals surface area contributed by atoms with Gasteiger partial charge >= 0.3 is 0 Å². The fourth-order valence-electron chi connectivity index (χ4n) is 2.43. The van der Waals surface area contributed by atoms with Gasteiger partial charge in [-0.05, 0) is 37.0 Å². The molecular formula is C14H19ClN2O. The zero-order valence-corrected chi connectivity index (χ0v) is 11.6. The van der Waals surface area contributed by atoms with E-state index in [1.165, 1.54) is 11.3 Å². The summed E-state index contributed by atoms with van der Waals surface area (Å²) in [4.78, 5) is 13.3. The largest absolute Gasteiger partial charge is 0.371 e. The van der Waals surface area contributed by atoms with Crippen molar-refractivity contribution in [2.24, 2.45) is 5.92 Å². The number of carbonyl (C=O) groups excluding carboxylic acids is 1. The van der Waals surface area contributed by atoms with Crippen molar-refractivity contribution >= 4 is 23.2 Å². The average molecular weight is 267 g/mol. The van der Waals surface area contributed by atoms with Gasteiger partial charge in [-0.1, -0.05) is 17.7 Å². The minimum atomic E-state index is 0.0485. The van der Waals surface area contributed by atoms with Crippen LogP contribution in [0.2, 0.25) is 5.02 Å². The maximum atomic E-state index is 10.9. The third kappa shape index (κ3) is 3.16. The molecule has 0 aromatic heterocycles. The Morgan fingerprint density at radius 1 is 1.56 bits per heavy atom. The Morgan fingerprint density at radius 2 is 2.33 bits per heavy atom. The van der Waals surface area contributed by atoms with E-state index in [1.54, 1.807) is 6.92 Å². The number of carbonyl (C=O) groups is 1. The molecule has 0 unspecified atom stereocenters. The van der Waals surface area contributed by atoms with E-state index >= 15 is 0 Å². The van der Waals surface area contributed by atoms with Gasteiger partial charge in [-0.15, -0.1) is 0 Å². The second-order valence-electron chi connectivity index (χ2n) is 4.97. The number of rotatable bonds is 3. The average Bonchev–Trinajstić information content (AvgIpc) is 2.78. The lowest BCUT2D eigenvalue weighted by atomic mass is 10.1. The van der Waals surface area contributed by atoms with Gasteiger partial charge in [0.2, 0.25) is 5.91 Å². The first-order valence-electron chi connectivity index (χ1n) is 6.32. The summed E-state index contributed by atoms with van der Waals surface area (Å²) < 4.78 is 0. The number of hydrogen-bond acceptors (Lipinski definition) is 2. The number of benzene rings is 1. The fourth-order valence-corrected chi connectivity index (χ4v) is 2.60. The quantitative estimate of drug-likeness (QED) is 0.912. The highest BCUT2D eigenvalue weighted by molar-refractivity contribution is 6.30. The summed E-state index contributed by atoms with van der Waals surface area (Å²) >= 11 is 6.05. The van der Waals surface area contributed by atoms with Crippen LogP contribution in [0.15, 0.2) is 18.2 Å². The molecule has 0 saturated carbocycles. The number of amides is 1. The van der Waals surface area contributed by atoms with Crippen LogP contribution in [0.5, 0.6) is 0 Å². The Labute approximate surface area is 113 Å². The molecule has 4 heteroatoms. The molecule has 1 saturated heterocycles. The summed E-state index contributed by atoms with van der Waals surface area (Å²) in [6, 6.07) is 6.00. The molecule has 0 spiro atoms. The molecule has 1 atom stereocenters. The van der Waals surface area contributed by atoms with Gasteiger partial charge in [0.25, 0.3) is 0 Å². The van der Waals surface area contributed by atoms with Gasteiger partial charge in [-0.3, -0.25) is 4.79 Å². The van der Waals surface area contributed by atoms with Crippen molar-refractivity contribution in [3.8, 4) is 0 Å².